The highest BCUT2D eigenvalue weighted by Gasteiger charge is 2.04. The summed E-state index contributed by atoms with van der Waals surface area (Å²) in [6.45, 7) is -0.0281. The topological polar surface area (TPSA) is 111 Å². The molecule has 5 N–H and O–H groups in total. The molecule has 0 aliphatic heterocycles. The number of nitrogens with zero attached hydrogens (tertiary/aromatic N) is 3. The third-order valence-electron chi connectivity index (χ3n) is 1.92. The Morgan fingerprint density at radius 2 is 1.88 bits per heavy atom. The van der Waals surface area contributed by atoms with Gasteiger partial charge in [0, 0.05) is 12.3 Å². The number of pyridine rings is 1. The number of rotatable bonds is 3. The molecule has 2 aromatic rings. The van der Waals surface area contributed by atoms with E-state index in [9.17, 15) is 0 Å². The minimum atomic E-state index is -0.0281. The summed E-state index contributed by atoms with van der Waals surface area (Å²) < 4.78 is 0. The molecule has 17 heavy (non-hydrogen) atoms. The minimum Gasteiger partial charge on any atom is -0.392 e. The monoisotopic (exact) mass is 249 g/mol. The normalized spacial score (nSPS) is 10.4. The van der Waals surface area contributed by atoms with Gasteiger partial charge in [0.1, 0.15) is 16.7 Å². The summed E-state index contributed by atoms with van der Waals surface area (Å²) >= 11 is 1.26. The Hall–Kier alpha value is -1.86. The summed E-state index contributed by atoms with van der Waals surface area (Å²) in [6.07, 6.45) is 1.60. The molecule has 0 saturated heterocycles. The predicted octanol–water partition coefficient (Wildman–Crippen LogP) is 0.680. The van der Waals surface area contributed by atoms with Crippen molar-refractivity contribution in [3.8, 4) is 0 Å². The standard InChI is InChI=1S/C10H11N5OS/c11-7-3-8(12)15-10(14-7)17-9-2-1-6(5-16)4-13-9/h1-4,16H,5H2,(H4,11,12,14,15). The van der Waals surface area contributed by atoms with E-state index in [0.717, 1.165) is 5.56 Å². The molecule has 0 amide bonds. The molecule has 0 bridgehead atoms. The van der Waals surface area contributed by atoms with Gasteiger partial charge in [0.2, 0.25) is 0 Å². The van der Waals surface area contributed by atoms with Gasteiger partial charge in [0.15, 0.2) is 5.16 Å². The maximum atomic E-state index is 8.89. The Morgan fingerprint density at radius 3 is 2.41 bits per heavy atom. The Bertz CT molecular complexity index is 496. The summed E-state index contributed by atoms with van der Waals surface area (Å²) in [5.41, 5.74) is 11.9. The molecule has 0 aliphatic carbocycles. The minimum absolute atomic E-state index is 0.0281. The van der Waals surface area contributed by atoms with E-state index in [1.807, 2.05) is 0 Å². The highest BCUT2D eigenvalue weighted by molar-refractivity contribution is 7.99. The molecule has 0 fully saturated rings. The van der Waals surface area contributed by atoms with Gasteiger partial charge in [-0.2, -0.15) is 0 Å². The van der Waals surface area contributed by atoms with E-state index in [2.05, 4.69) is 15.0 Å². The van der Waals surface area contributed by atoms with Gasteiger partial charge in [-0.05, 0) is 23.4 Å². The molecule has 7 heteroatoms. The number of anilines is 2. The lowest BCUT2D eigenvalue weighted by molar-refractivity contribution is 0.281. The summed E-state index contributed by atoms with van der Waals surface area (Å²) in [5, 5.41) is 10.1. The summed E-state index contributed by atoms with van der Waals surface area (Å²) in [7, 11) is 0. The number of hydrogen-bond acceptors (Lipinski definition) is 7. The summed E-state index contributed by atoms with van der Waals surface area (Å²) in [4.78, 5) is 12.2. The van der Waals surface area contributed by atoms with Crippen molar-refractivity contribution in [1.82, 2.24) is 15.0 Å². The van der Waals surface area contributed by atoms with Crippen LogP contribution in [-0.4, -0.2) is 20.1 Å². The van der Waals surface area contributed by atoms with Gasteiger partial charge in [0.25, 0.3) is 0 Å². The quantitative estimate of drug-likeness (QED) is 0.686. The first kappa shape index (κ1) is 11.6. The maximum Gasteiger partial charge on any atom is 0.197 e. The van der Waals surface area contributed by atoms with Crippen molar-refractivity contribution in [1.29, 1.82) is 0 Å². The Morgan fingerprint density at radius 1 is 1.18 bits per heavy atom. The van der Waals surface area contributed by atoms with Crippen LogP contribution in [0.3, 0.4) is 0 Å². The van der Waals surface area contributed by atoms with Crippen molar-refractivity contribution in [2.45, 2.75) is 16.8 Å². The van der Waals surface area contributed by atoms with Crippen LogP contribution < -0.4 is 11.5 Å². The fourth-order valence-corrected chi connectivity index (χ4v) is 1.90. The van der Waals surface area contributed by atoms with Crippen molar-refractivity contribution >= 4 is 23.4 Å². The number of aliphatic hydroxyl groups is 1. The summed E-state index contributed by atoms with van der Waals surface area (Å²) in [5.74, 6) is 0.652. The molecule has 0 saturated carbocycles. The van der Waals surface area contributed by atoms with Gasteiger partial charge < -0.3 is 16.6 Å². The van der Waals surface area contributed by atoms with Crippen LogP contribution in [0.4, 0.5) is 11.6 Å². The maximum absolute atomic E-state index is 8.89. The first-order valence-corrected chi connectivity index (χ1v) is 5.62. The second-order valence-corrected chi connectivity index (χ2v) is 4.25. The number of aromatic nitrogens is 3. The van der Waals surface area contributed by atoms with Crippen molar-refractivity contribution < 1.29 is 5.11 Å². The third kappa shape index (κ3) is 3.05. The smallest absolute Gasteiger partial charge is 0.197 e. The second-order valence-electron chi connectivity index (χ2n) is 3.27. The van der Waals surface area contributed by atoms with Gasteiger partial charge >= 0.3 is 0 Å². The highest BCUT2D eigenvalue weighted by Crippen LogP contribution is 2.24. The van der Waals surface area contributed by atoms with Crippen LogP contribution in [0.2, 0.25) is 0 Å². The van der Waals surface area contributed by atoms with Crippen molar-refractivity contribution in [2.75, 3.05) is 11.5 Å². The van der Waals surface area contributed by atoms with Gasteiger partial charge in [-0.25, -0.2) is 15.0 Å². The van der Waals surface area contributed by atoms with Gasteiger partial charge in [-0.1, -0.05) is 6.07 Å². The SMILES string of the molecule is Nc1cc(N)nc(Sc2ccc(CO)cn2)n1. The van der Waals surface area contributed by atoms with E-state index in [-0.39, 0.29) is 6.61 Å². The molecule has 88 valence electrons. The van der Waals surface area contributed by atoms with Crippen LogP contribution in [0.1, 0.15) is 5.56 Å². The average Bonchev–Trinajstić information content (AvgIpc) is 2.28. The molecule has 0 unspecified atom stereocenters. The van der Waals surface area contributed by atoms with Crippen molar-refractivity contribution in [2.24, 2.45) is 0 Å². The van der Waals surface area contributed by atoms with Crippen LogP contribution in [0.25, 0.3) is 0 Å². The number of hydrogen-bond donors (Lipinski definition) is 3. The van der Waals surface area contributed by atoms with Gasteiger partial charge in [-0.3, -0.25) is 0 Å². The van der Waals surface area contributed by atoms with E-state index in [4.69, 9.17) is 16.6 Å². The van der Waals surface area contributed by atoms with E-state index in [1.165, 1.54) is 17.8 Å². The van der Waals surface area contributed by atoms with Crippen molar-refractivity contribution in [3.63, 3.8) is 0 Å². The molecular weight excluding hydrogens is 238 g/mol. The second kappa shape index (κ2) is 4.98. The van der Waals surface area contributed by atoms with E-state index >= 15 is 0 Å². The molecule has 0 aliphatic rings. The average molecular weight is 249 g/mol. The first-order valence-electron chi connectivity index (χ1n) is 4.81. The number of nitrogen functional groups attached to an aromatic ring is 2. The fraction of sp³-hybridized carbons (Fsp3) is 0.100. The highest BCUT2D eigenvalue weighted by atomic mass is 32.2. The number of aliphatic hydroxyl groups excluding tert-OH is 1. The fourth-order valence-electron chi connectivity index (χ4n) is 1.17. The van der Waals surface area contributed by atoms with Crippen LogP contribution in [0.5, 0.6) is 0 Å². The molecule has 2 rings (SSSR count). The van der Waals surface area contributed by atoms with E-state index in [1.54, 1.807) is 18.3 Å². The zero-order chi connectivity index (χ0) is 12.3. The molecule has 2 aromatic heterocycles. The van der Waals surface area contributed by atoms with E-state index in [0.29, 0.717) is 21.8 Å². The molecule has 0 atom stereocenters. The Kier molecular flexibility index (Phi) is 3.40. The first-order chi connectivity index (χ1) is 8.17. The molecular formula is C10H11N5OS. The van der Waals surface area contributed by atoms with Crippen LogP contribution in [0, 0.1) is 0 Å². The molecule has 2 heterocycles. The van der Waals surface area contributed by atoms with Crippen LogP contribution >= 0.6 is 11.8 Å². The zero-order valence-electron chi connectivity index (χ0n) is 8.87. The summed E-state index contributed by atoms with van der Waals surface area (Å²) in [6, 6.07) is 5.05. The van der Waals surface area contributed by atoms with Gasteiger partial charge in [0.05, 0.1) is 6.61 Å². The third-order valence-corrected chi connectivity index (χ3v) is 2.74. The van der Waals surface area contributed by atoms with Crippen molar-refractivity contribution in [3.05, 3.63) is 30.0 Å². The lowest BCUT2D eigenvalue weighted by atomic mass is 10.3. The lowest BCUT2D eigenvalue weighted by Gasteiger charge is -2.02. The largest absolute Gasteiger partial charge is 0.392 e. The van der Waals surface area contributed by atoms with Gasteiger partial charge in [-0.15, -0.1) is 0 Å². The Labute approximate surface area is 102 Å². The predicted molar refractivity (Wildman–Crippen MR) is 65.1 cm³/mol. The number of nitrogens with two attached hydrogens (primary N) is 2. The van der Waals surface area contributed by atoms with E-state index < -0.39 is 0 Å². The van der Waals surface area contributed by atoms with Crippen LogP contribution in [0.15, 0.2) is 34.6 Å². The molecule has 0 spiro atoms. The molecule has 0 aromatic carbocycles. The zero-order valence-corrected chi connectivity index (χ0v) is 9.68. The van der Waals surface area contributed by atoms with Crippen LogP contribution in [-0.2, 0) is 6.61 Å². The lowest BCUT2D eigenvalue weighted by Crippen LogP contribution is -1.99. The molecule has 0 radical (unpaired) electrons. The molecule has 6 nitrogen and oxygen atoms in total. The Balaban J connectivity index is 2.19.